The van der Waals surface area contributed by atoms with Crippen LogP contribution in [0, 0.1) is 0 Å². The molecule has 0 aliphatic heterocycles. The van der Waals surface area contributed by atoms with E-state index in [0.717, 1.165) is 11.5 Å². The highest BCUT2D eigenvalue weighted by molar-refractivity contribution is 7.07. The molecule has 0 unspecified atom stereocenters. The third-order valence-corrected chi connectivity index (χ3v) is 3.37. The van der Waals surface area contributed by atoms with Crippen molar-refractivity contribution in [3.05, 3.63) is 39.1 Å². The van der Waals surface area contributed by atoms with Gasteiger partial charge in [-0.25, -0.2) is 4.98 Å². The summed E-state index contributed by atoms with van der Waals surface area (Å²) in [5.74, 6) is 0.901. The highest BCUT2D eigenvalue weighted by Crippen LogP contribution is 2.29. The van der Waals surface area contributed by atoms with Crippen LogP contribution in [0.2, 0.25) is 10.0 Å². The van der Waals surface area contributed by atoms with Crippen LogP contribution in [-0.2, 0) is 0 Å². The first-order valence-corrected chi connectivity index (χ1v) is 5.95. The maximum atomic E-state index is 5.94. The molecule has 0 N–H and O–H groups in total. The van der Waals surface area contributed by atoms with Gasteiger partial charge in [-0.2, -0.15) is 0 Å². The Bertz CT molecular complexity index is 456. The third-order valence-electron chi connectivity index (χ3n) is 2.05. The van der Waals surface area contributed by atoms with Crippen LogP contribution in [0.25, 0.3) is 0 Å². The molecule has 1 heterocycles. The van der Waals surface area contributed by atoms with Crippen molar-refractivity contribution in [2.45, 2.75) is 0 Å². The van der Waals surface area contributed by atoms with Crippen molar-refractivity contribution in [1.29, 1.82) is 0 Å². The van der Waals surface area contributed by atoms with Gasteiger partial charge in [-0.05, 0) is 18.2 Å². The van der Waals surface area contributed by atoms with Crippen LogP contribution in [-0.4, -0.2) is 12.0 Å². The van der Waals surface area contributed by atoms with Gasteiger partial charge in [-0.3, -0.25) is 0 Å². The summed E-state index contributed by atoms with van der Waals surface area (Å²) < 4.78 is 0. The predicted octanol–water partition coefficient (Wildman–Crippen LogP) is 4.22. The number of thiazole rings is 1. The van der Waals surface area contributed by atoms with Crippen molar-refractivity contribution in [2.24, 2.45) is 0 Å². The zero-order valence-electron chi connectivity index (χ0n) is 7.95. The molecular formula is C10H8Cl2N2S. The third kappa shape index (κ3) is 2.25. The zero-order valence-corrected chi connectivity index (χ0v) is 10.3. The van der Waals surface area contributed by atoms with Gasteiger partial charge in [-0.1, -0.05) is 23.2 Å². The molecule has 0 saturated heterocycles. The Morgan fingerprint density at radius 2 is 2.07 bits per heavy atom. The van der Waals surface area contributed by atoms with Crippen molar-refractivity contribution in [3.8, 4) is 0 Å². The van der Waals surface area contributed by atoms with E-state index in [2.05, 4.69) is 4.98 Å². The summed E-state index contributed by atoms with van der Waals surface area (Å²) in [5.41, 5.74) is 2.76. The molecule has 0 aliphatic carbocycles. The maximum absolute atomic E-state index is 5.94. The van der Waals surface area contributed by atoms with Gasteiger partial charge in [0.05, 0.1) is 15.6 Å². The molecule has 5 heteroatoms. The lowest BCUT2D eigenvalue weighted by atomic mass is 10.3. The van der Waals surface area contributed by atoms with E-state index in [9.17, 15) is 0 Å². The lowest BCUT2D eigenvalue weighted by Gasteiger charge is -2.16. The first-order valence-electron chi connectivity index (χ1n) is 4.25. The number of hydrogen-bond donors (Lipinski definition) is 0. The molecule has 78 valence electrons. The Kier molecular flexibility index (Phi) is 3.14. The molecule has 15 heavy (non-hydrogen) atoms. The molecule has 1 aromatic heterocycles. The molecular weight excluding hydrogens is 251 g/mol. The fraction of sp³-hybridized carbons (Fsp3) is 0.100. The van der Waals surface area contributed by atoms with E-state index in [1.54, 1.807) is 22.9 Å². The summed E-state index contributed by atoms with van der Waals surface area (Å²) in [4.78, 5) is 6.17. The van der Waals surface area contributed by atoms with Gasteiger partial charge in [0.2, 0.25) is 0 Å². The number of halogens is 2. The second-order valence-electron chi connectivity index (χ2n) is 3.00. The van der Waals surface area contributed by atoms with Crippen LogP contribution in [0.4, 0.5) is 11.5 Å². The fourth-order valence-electron chi connectivity index (χ4n) is 1.20. The Morgan fingerprint density at radius 3 is 2.67 bits per heavy atom. The summed E-state index contributed by atoms with van der Waals surface area (Å²) in [6, 6.07) is 5.51. The first kappa shape index (κ1) is 10.7. The predicted molar refractivity (Wildman–Crippen MR) is 66.6 cm³/mol. The van der Waals surface area contributed by atoms with Crippen LogP contribution in [0.5, 0.6) is 0 Å². The topological polar surface area (TPSA) is 16.1 Å². The zero-order chi connectivity index (χ0) is 10.8. The Balaban J connectivity index is 2.34. The maximum Gasteiger partial charge on any atom is 0.143 e. The van der Waals surface area contributed by atoms with E-state index in [0.29, 0.717) is 10.0 Å². The van der Waals surface area contributed by atoms with Gasteiger partial charge in [0, 0.05) is 18.1 Å². The fourth-order valence-corrected chi connectivity index (χ4v) is 2.06. The van der Waals surface area contributed by atoms with Crippen molar-refractivity contribution in [1.82, 2.24) is 4.98 Å². The largest absolute Gasteiger partial charge is 0.329 e. The molecule has 1 aromatic carbocycles. The van der Waals surface area contributed by atoms with E-state index in [4.69, 9.17) is 23.2 Å². The molecule has 0 atom stereocenters. The number of anilines is 2. The smallest absolute Gasteiger partial charge is 0.143 e. The quantitative estimate of drug-likeness (QED) is 0.802. The molecule has 0 saturated carbocycles. The minimum atomic E-state index is 0.552. The molecule has 2 aromatic rings. The number of nitrogens with zero attached hydrogens (tertiary/aromatic N) is 2. The van der Waals surface area contributed by atoms with Gasteiger partial charge < -0.3 is 4.90 Å². The molecule has 0 aliphatic rings. The van der Waals surface area contributed by atoms with Crippen LogP contribution in [0.1, 0.15) is 0 Å². The van der Waals surface area contributed by atoms with Gasteiger partial charge in [0.15, 0.2) is 0 Å². The molecule has 2 rings (SSSR count). The van der Waals surface area contributed by atoms with Crippen molar-refractivity contribution in [2.75, 3.05) is 11.9 Å². The van der Waals surface area contributed by atoms with E-state index in [1.165, 1.54) is 0 Å². The Hall–Kier alpha value is -0.770. The first-order chi connectivity index (χ1) is 7.18. The van der Waals surface area contributed by atoms with Crippen LogP contribution in [0.3, 0.4) is 0 Å². The second kappa shape index (κ2) is 4.39. The van der Waals surface area contributed by atoms with Gasteiger partial charge in [0.1, 0.15) is 5.82 Å². The SMILES string of the molecule is CN(c1ccc(Cl)c(Cl)c1)c1cscn1. The van der Waals surface area contributed by atoms with Gasteiger partial charge in [-0.15, -0.1) is 11.3 Å². The van der Waals surface area contributed by atoms with Crippen molar-refractivity contribution in [3.63, 3.8) is 0 Å². The average Bonchev–Trinajstić information content (AvgIpc) is 2.74. The highest BCUT2D eigenvalue weighted by Gasteiger charge is 2.07. The van der Waals surface area contributed by atoms with E-state index in [1.807, 2.05) is 29.5 Å². The minimum Gasteiger partial charge on any atom is -0.329 e. The van der Waals surface area contributed by atoms with E-state index < -0.39 is 0 Å². The number of hydrogen-bond acceptors (Lipinski definition) is 3. The summed E-state index contributed by atoms with van der Waals surface area (Å²) in [7, 11) is 1.94. The Labute approximate surface area is 102 Å². The van der Waals surface area contributed by atoms with Gasteiger partial charge in [0.25, 0.3) is 0 Å². The number of aromatic nitrogens is 1. The standard InChI is InChI=1S/C10H8Cl2N2S/c1-14(10-5-15-6-13-10)7-2-3-8(11)9(12)4-7/h2-6H,1H3. The summed E-state index contributed by atoms with van der Waals surface area (Å²) >= 11 is 13.3. The summed E-state index contributed by atoms with van der Waals surface area (Å²) in [6.45, 7) is 0. The van der Waals surface area contributed by atoms with Crippen molar-refractivity contribution >= 4 is 46.0 Å². The number of rotatable bonds is 2. The highest BCUT2D eigenvalue weighted by atomic mass is 35.5. The van der Waals surface area contributed by atoms with Crippen LogP contribution < -0.4 is 4.90 Å². The van der Waals surface area contributed by atoms with Crippen LogP contribution >= 0.6 is 34.5 Å². The molecule has 0 amide bonds. The summed E-state index contributed by atoms with van der Waals surface area (Å²) in [6.07, 6.45) is 0. The van der Waals surface area contributed by atoms with E-state index >= 15 is 0 Å². The molecule has 0 bridgehead atoms. The monoisotopic (exact) mass is 258 g/mol. The Morgan fingerprint density at radius 1 is 1.27 bits per heavy atom. The number of benzene rings is 1. The average molecular weight is 259 g/mol. The van der Waals surface area contributed by atoms with Crippen LogP contribution in [0.15, 0.2) is 29.1 Å². The molecule has 0 radical (unpaired) electrons. The van der Waals surface area contributed by atoms with Gasteiger partial charge >= 0.3 is 0 Å². The molecule has 0 fully saturated rings. The van der Waals surface area contributed by atoms with Crippen molar-refractivity contribution < 1.29 is 0 Å². The minimum absolute atomic E-state index is 0.552. The second-order valence-corrected chi connectivity index (χ2v) is 4.54. The normalized spacial score (nSPS) is 10.3. The molecule has 2 nitrogen and oxygen atoms in total. The molecule has 0 spiro atoms. The lowest BCUT2D eigenvalue weighted by molar-refractivity contribution is 1.15. The lowest BCUT2D eigenvalue weighted by Crippen LogP contribution is -2.09. The van der Waals surface area contributed by atoms with E-state index in [-0.39, 0.29) is 0 Å². The summed E-state index contributed by atoms with van der Waals surface area (Å²) in [5, 5.41) is 3.09.